The molecule has 0 aromatic carbocycles. The molecule has 17 heteroatoms. The molecular formula is C26H43N9O7S. The Kier molecular flexibility index (Phi) is 12.0. The molecular weight excluding hydrogens is 582 g/mol. The number of thioether (sulfide) groups is 1. The normalized spacial score (nSPS) is 31.1. The number of aliphatic carboxylic acids is 1. The maximum absolute atomic E-state index is 13.5. The number of hydrogen-bond donors (Lipinski definition) is 8. The van der Waals surface area contributed by atoms with Crippen LogP contribution in [0.1, 0.15) is 52.9 Å². The lowest BCUT2D eigenvalue weighted by Gasteiger charge is -2.38. The summed E-state index contributed by atoms with van der Waals surface area (Å²) in [6, 6.07) is -5.56. The fourth-order valence-corrected chi connectivity index (χ4v) is 6.78. The van der Waals surface area contributed by atoms with Gasteiger partial charge in [0.15, 0.2) is 5.96 Å². The van der Waals surface area contributed by atoms with Crippen molar-refractivity contribution < 1.29 is 33.9 Å². The van der Waals surface area contributed by atoms with E-state index in [9.17, 15) is 33.9 Å². The first-order valence-corrected chi connectivity index (χ1v) is 15.5. The van der Waals surface area contributed by atoms with Gasteiger partial charge in [-0.3, -0.25) is 38.7 Å². The average molecular weight is 626 g/mol. The molecule has 10 N–H and O–H groups in total. The zero-order chi connectivity index (χ0) is 31.8. The first kappa shape index (κ1) is 33.9. The van der Waals surface area contributed by atoms with E-state index >= 15 is 0 Å². The van der Waals surface area contributed by atoms with Gasteiger partial charge in [-0.15, -0.1) is 11.8 Å². The van der Waals surface area contributed by atoms with Crippen LogP contribution >= 0.6 is 11.8 Å². The standard InChI is InChI=1S/C26H43N9O7S/c1-12(2)20-25(42)32-15(5-4-8-29-26(27)28)22(39)30-13(3)21(38)33-16(9-19(36)37)23(40)31-14-6-7-18-35(10-14)17(11-43-18)24(41)34-20/h12-18,20H,4-11H2,1-3H3,(H,30,39)(H,31,40)(H,32,42)(H,33,38)(H,34,41)(H,36,37)(H4,27,28,29)/t13-,14+,15+,16+,17+,18+,20+/m1/s1. The Labute approximate surface area is 254 Å². The summed E-state index contributed by atoms with van der Waals surface area (Å²) in [5.41, 5.74) is 10.8. The summed E-state index contributed by atoms with van der Waals surface area (Å²) in [7, 11) is 0. The fourth-order valence-electron chi connectivity index (χ4n) is 5.30. The van der Waals surface area contributed by atoms with Gasteiger partial charge in [-0.2, -0.15) is 0 Å². The number of hydrogen-bond acceptors (Lipinski definition) is 9. The van der Waals surface area contributed by atoms with Crippen molar-refractivity contribution in [3.63, 3.8) is 0 Å². The third-order valence-electron chi connectivity index (χ3n) is 7.65. The van der Waals surface area contributed by atoms with Crippen molar-refractivity contribution >= 4 is 53.2 Å². The molecule has 43 heavy (non-hydrogen) atoms. The summed E-state index contributed by atoms with van der Waals surface area (Å²) < 4.78 is 0. The molecule has 3 aliphatic heterocycles. The lowest BCUT2D eigenvalue weighted by molar-refractivity contribution is -0.141. The number of amides is 5. The summed E-state index contributed by atoms with van der Waals surface area (Å²) in [6.45, 7) is 5.47. The number of carboxylic acids is 1. The molecule has 5 amide bonds. The zero-order valence-corrected chi connectivity index (χ0v) is 25.4. The average Bonchev–Trinajstić information content (AvgIpc) is 3.34. The molecule has 0 aliphatic carbocycles. The highest BCUT2D eigenvalue weighted by Gasteiger charge is 2.44. The van der Waals surface area contributed by atoms with Gasteiger partial charge in [0, 0.05) is 24.9 Å². The third-order valence-corrected chi connectivity index (χ3v) is 9.05. The van der Waals surface area contributed by atoms with E-state index in [0.717, 1.165) is 0 Å². The minimum Gasteiger partial charge on any atom is -0.481 e. The Morgan fingerprint density at radius 1 is 0.953 bits per heavy atom. The first-order valence-electron chi connectivity index (χ1n) is 14.4. The number of fused-ring (bicyclic) bond motifs is 1. The second-order valence-corrected chi connectivity index (χ2v) is 12.6. The molecule has 0 unspecified atom stereocenters. The highest BCUT2D eigenvalue weighted by molar-refractivity contribution is 8.00. The number of nitrogens with zero attached hydrogens (tertiary/aromatic N) is 2. The van der Waals surface area contributed by atoms with Crippen LogP contribution in [0.4, 0.5) is 0 Å². The predicted octanol–water partition coefficient (Wildman–Crippen LogP) is -2.83. The molecule has 0 saturated carbocycles. The Hall–Kier alpha value is -3.60. The van der Waals surface area contributed by atoms with Gasteiger partial charge in [0.2, 0.25) is 29.5 Å². The van der Waals surface area contributed by atoms with E-state index in [2.05, 4.69) is 31.6 Å². The smallest absolute Gasteiger partial charge is 0.305 e. The van der Waals surface area contributed by atoms with Crippen molar-refractivity contribution in [2.24, 2.45) is 22.4 Å². The molecule has 0 aromatic heterocycles. The number of nitrogens with one attached hydrogen (secondary N) is 5. The molecule has 0 aromatic rings. The summed E-state index contributed by atoms with van der Waals surface area (Å²) in [5.74, 6) is -4.26. The molecule has 3 fully saturated rings. The SMILES string of the molecule is CC(C)[C@@H]1NC(=O)[C@@H]2CS[C@H]3CC[C@@H](CN32)NC(=O)[C@H](CC(=O)O)NC(=O)[C@@H](C)NC(=O)[C@H](CCCN=C(N)N)NC1=O. The van der Waals surface area contributed by atoms with Crippen molar-refractivity contribution in [1.29, 1.82) is 0 Å². The number of aliphatic imine (C=N–C) groups is 1. The van der Waals surface area contributed by atoms with Crippen LogP contribution in [0.5, 0.6) is 0 Å². The zero-order valence-electron chi connectivity index (χ0n) is 24.6. The van der Waals surface area contributed by atoms with Crippen LogP contribution in [0.25, 0.3) is 0 Å². The monoisotopic (exact) mass is 625 g/mol. The molecule has 3 saturated heterocycles. The Bertz CT molecular complexity index is 1120. The minimum atomic E-state index is -1.39. The summed E-state index contributed by atoms with van der Waals surface area (Å²) >= 11 is 1.62. The highest BCUT2D eigenvalue weighted by atomic mass is 32.2. The lowest BCUT2D eigenvalue weighted by Crippen LogP contribution is -2.62. The van der Waals surface area contributed by atoms with Crippen LogP contribution in [-0.4, -0.2) is 112 Å². The molecule has 3 heterocycles. The summed E-state index contributed by atoms with van der Waals surface area (Å²) in [5, 5.41) is 22.8. The Morgan fingerprint density at radius 2 is 1.63 bits per heavy atom. The van der Waals surface area contributed by atoms with Gasteiger partial charge in [0.05, 0.1) is 17.8 Å². The molecule has 0 spiro atoms. The van der Waals surface area contributed by atoms with E-state index in [4.69, 9.17) is 11.5 Å². The number of nitrogens with two attached hydrogens (primary N) is 2. The van der Waals surface area contributed by atoms with Crippen LogP contribution in [0.2, 0.25) is 0 Å². The molecule has 16 nitrogen and oxygen atoms in total. The van der Waals surface area contributed by atoms with E-state index in [-0.39, 0.29) is 42.2 Å². The van der Waals surface area contributed by atoms with Crippen LogP contribution in [-0.2, 0) is 28.8 Å². The van der Waals surface area contributed by atoms with E-state index in [1.54, 1.807) is 25.6 Å². The first-order chi connectivity index (χ1) is 20.3. The largest absolute Gasteiger partial charge is 0.481 e. The van der Waals surface area contributed by atoms with Gasteiger partial charge in [0.1, 0.15) is 24.2 Å². The number of rotatable bonds is 7. The van der Waals surface area contributed by atoms with Gasteiger partial charge in [-0.05, 0) is 38.5 Å². The van der Waals surface area contributed by atoms with Gasteiger partial charge >= 0.3 is 5.97 Å². The van der Waals surface area contributed by atoms with Gasteiger partial charge in [-0.25, -0.2) is 0 Å². The minimum absolute atomic E-state index is 0.0505. The van der Waals surface area contributed by atoms with Gasteiger partial charge in [0.25, 0.3) is 0 Å². The molecule has 3 aliphatic rings. The van der Waals surface area contributed by atoms with E-state index < -0.39 is 66.2 Å². The van der Waals surface area contributed by atoms with Crippen molar-refractivity contribution in [2.45, 2.75) is 94.5 Å². The van der Waals surface area contributed by atoms with E-state index in [1.807, 2.05) is 4.90 Å². The molecule has 240 valence electrons. The quantitative estimate of drug-likeness (QED) is 0.0813. The molecule has 3 rings (SSSR count). The Balaban J connectivity index is 1.91. The second kappa shape index (κ2) is 15.2. The molecule has 0 radical (unpaired) electrons. The topological polar surface area (TPSA) is 250 Å². The maximum Gasteiger partial charge on any atom is 0.305 e. The lowest BCUT2D eigenvalue weighted by atomic mass is 10.00. The van der Waals surface area contributed by atoms with Crippen molar-refractivity contribution in [3.05, 3.63) is 0 Å². The maximum atomic E-state index is 13.5. The molecule has 7 atom stereocenters. The number of carbonyl (C=O) groups excluding carboxylic acids is 5. The van der Waals surface area contributed by atoms with Gasteiger partial charge < -0.3 is 43.2 Å². The van der Waals surface area contributed by atoms with E-state index in [1.165, 1.54) is 6.92 Å². The van der Waals surface area contributed by atoms with Crippen LogP contribution in [0.15, 0.2) is 4.99 Å². The fraction of sp³-hybridized carbons (Fsp3) is 0.731. The van der Waals surface area contributed by atoms with Crippen LogP contribution < -0.4 is 38.1 Å². The van der Waals surface area contributed by atoms with Crippen molar-refractivity contribution in [2.75, 3.05) is 18.8 Å². The van der Waals surface area contributed by atoms with Crippen molar-refractivity contribution in [3.8, 4) is 0 Å². The number of guanidine groups is 1. The number of carbonyl (C=O) groups is 6. The third kappa shape index (κ3) is 9.44. The summed E-state index contributed by atoms with van der Waals surface area (Å²) in [4.78, 5) is 83.8. The highest BCUT2D eigenvalue weighted by Crippen LogP contribution is 2.36. The van der Waals surface area contributed by atoms with Crippen LogP contribution in [0.3, 0.4) is 0 Å². The van der Waals surface area contributed by atoms with Crippen LogP contribution in [0, 0.1) is 5.92 Å². The number of carboxylic acid groups (broad SMARTS) is 1. The van der Waals surface area contributed by atoms with E-state index in [0.29, 0.717) is 31.6 Å². The Morgan fingerprint density at radius 3 is 2.28 bits per heavy atom. The predicted molar refractivity (Wildman–Crippen MR) is 158 cm³/mol. The van der Waals surface area contributed by atoms with Gasteiger partial charge in [-0.1, -0.05) is 13.8 Å². The van der Waals surface area contributed by atoms with Crippen molar-refractivity contribution in [1.82, 2.24) is 31.5 Å². The second-order valence-electron chi connectivity index (χ2n) is 11.4. The molecule has 2 bridgehead atoms. The summed E-state index contributed by atoms with van der Waals surface area (Å²) in [6.07, 6.45) is 1.05. The number of piperidine rings is 1.